The Morgan fingerprint density at radius 2 is 2.04 bits per heavy atom. The lowest BCUT2D eigenvalue weighted by atomic mass is 10.1. The van der Waals surface area contributed by atoms with Crippen molar-refractivity contribution in [3.8, 4) is 11.3 Å². The molecule has 0 radical (unpaired) electrons. The number of fused-ring (bicyclic) bond motifs is 1. The summed E-state index contributed by atoms with van der Waals surface area (Å²) in [6.45, 7) is 4.74. The second-order valence-corrected chi connectivity index (χ2v) is 6.51. The van der Waals surface area contributed by atoms with Gasteiger partial charge in [0.25, 0.3) is 5.91 Å². The van der Waals surface area contributed by atoms with Gasteiger partial charge in [0.1, 0.15) is 5.56 Å². The zero-order valence-corrected chi connectivity index (χ0v) is 13.9. The summed E-state index contributed by atoms with van der Waals surface area (Å²) in [5, 5.41) is 4.03. The fourth-order valence-electron chi connectivity index (χ4n) is 3.59. The van der Waals surface area contributed by atoms with Crippen molar-refractivity contribution in [1.29, 1.82) is 0 Å². The van der Waals surface area contributed by atoms with Gasteiger partial charge in [-0.25, -0.2) is 0 Å². The molecule has 6 nitrogen and oxygen atoms in total. The summed E-state index contributed by atoms with van der Waals surface area (Å²) in [6, 6.07) is 9.91. The Hall–Kier alpha value is -2.18. The van der Waals surface area contributed by atoms with Gasteiger partial charge in [-0.15, -0.1) is 0 Å². The van der Waals surface area contributed by atoms with Gasteiger partial charge in [-0.05, 0) is 14.0 Å². The Kier molecular flexibility index (Phi) is 3.86. The molecule has 2 aliphatic rings. The topological polar surface area (TPSA) is 58.8 Å². The Morgan fingerprint density at radius 1 is 1.25 bits per heavy atom. The van der Waals surface area contributed by atoms with E-state index in [1.165, 1.54) is 0 Å². The molecule has 0 N–H and O–H groups in total. The molecular formula is C18H21N3O3. The summed E-state index contributed by atoms with van der Waals surface area (Å²) >= 11 is 0. The average molecular weight is 327 g/mol. The number of likely N-dealkylation sites (N-methyl/N-ethyl adjacent to an activating group) is 1. The van der Waals surface area contributed by atoms with Crippen molar-refractivity contribution in [1.82, 2.24) is 15.0 Å². The minimum Gasteiger partial charge on any atom is -0.373 e. The average Bonchev–Trinajstić information content (AvgIpc) is 3.20. The number of amides is 1. The minimum atomic E-state index is -0.0287. The molecule has 0 spiro atoms. The van der Waals surface area contributed by atoms with Gasteiger partial charge < -0.3 is 14.2 Å². The lowest BCUT2D eigenvalue weighted by Gasteiger charge is -2.33. The highest BCUT2D eigenvalue weighted by molar-refractivity contribution is 6.00. The third-order valence-electron chi connectivity index (χ3n) is 4.98. The molecule has 3 heterocycles. The number of carbonyl (C=O) groups is 1. The van der Waals surface area contributed by atoms with E-state index in [2.05, 4.69) is 17.1 Å². The molecule has 2 fully saturated rings. The monoisotopic (exact) mass is 327 g/mol. The first-order valence-electron chi connectivity index (χ1n) is 8.28. The molecule has 0 bridgehead atoms. The van der Waals surface area contributed by atoms with Crippen molar-refractivity contribution in [2.75, 3.05) is 33.3 Å². The molecular weight excluding hydrogens is 306 g/mol. The summed E-state index contributed by atoms with van der Waals surface area (Å²) in [6.07, 6.45) is 0.0908. The summed E-state index contributed by atoms with van der Waals surface area (Å²) in [5.41, 5.74) is 2.05. The number of aromatic nitrogens is 1. The number of morpholine rings is 1. The van der Waals surface area contributed by atoms with Crippen molar-refractivity contribution >= 4 is 5.91 Å². The van der Waals surface area contributed by atoms with Crippen LogP contribution in [0.2, 0.25) is 0 Å². The van der Waals surface area contributed by atoms with E-state index in [0.29, 0.717) is 30.1 Å². The molecule has 1 amide bonds. The fraction of sp³-hybridized carbons (Fsp3) is 0.444. The van der Waals surface area contributed by atoms with E-state index in [4.69, 9.17) is 9.26 Å². The third-order valence-corrected chi connectivity index (χ3v) is 4.98. The zero-order valence-electron chi connectivity index (χ0n) is 13.9. The fourth-order valence-corrected chi connectivity index (χ4v) is 3.59. The lowest BCUT2D eigenvalue weighted by Crippen LogP contribution is -2.48. The van der Waals surface area contributed by atoms with Crippen molar-refractivity contribution in [3.05, 3.63) is 41.6 Å². The summed E-state index contributed by atoms with van der Waals surface area (Å²) in [4.78, 5) is 17.3. The number of carbonyl (C=O) groups excluding carboxylic acids is 1. The number of ether oxygens (including phenoxy) is 1. The first-order valence-corrected chi connectivity index (χ1v) is 8.28. The highest BCUT2D eigenvalue weighted by Gasteiger charge is 2.41. The predicted octanol–water partition coefficient (Wildman–Crippen LogP) is 1.81. The van der Waals surface area contributed by atoms with Gasteiger partial charge in [-0.3, -0.25) is 9.69 Å². The van der Waals surface area contributed by atoms with E-state index in [0.717, 1.165) is 18.7 Å². The Labute approximate surface area is 141 Å². The number of nitrogens with zero attached hydrogens (tertiary/aromatic N) is 3. The SMILES string of the molecule is Cc1noc(-c2ccccc2)c1C(=O)N1C[C@@H]2OCCN(C)[C@@H]2C1. The molecule has 1 aromatic heterocycles. The quantitative estimate of drug-likeness (QED) is 0.842. The predicted molar refractivity (Wildman–Crippen MR) is 88.7 cm³/mol. The number of benzene rings is 1. The van der Waals surface area contributed by atoms with Crippen LogP contribution >= 0.6 is 0 Å². The maximum Gasteiger partial charge on any atom is 0.259 e. The van der Waals surface area contributed by atoms with Gasteiger partial charge in [0.05, 0.1) is 24.4 Å². The zero-order chi connectivity index (χ0) is 16.7. The summed E-state index contributed by atoms with van der Waals surface area (Å²) in [5.74, 6) is 0.515. The highest BCUT2D eigenvalue weighted by Crippen LogP contribution is 2.30. The highest BCUT2D eigenvalue weighted by atomic mass is 16.5. The maximum atomic E-state index is 13.1. The molecule has 126 valence electrons. The van der Waals surface area contributed by atoms with Gasteiger partial charge in [0, 0.05) is 25.2 Å². The number of aryl methyl sites for hydroxylation is 1. The van der Waals surface area contributed by atoms with Crippen LogP contribution in [0, 0.1) is 6.92 Å². The van der Waals surface area contributed by atoms with Crippen LogP contribution in [0.5, 0.6) is 0 Å². The molecule has 2 aliphatic heterocycles. The van der Waals surface area contributed by atoms with Crippen LogP contribution in [0.3, 0.4) is 0 Å². The molecule has 2 saturated heterocycles. The lowest BCUT2D eigenvalue weighted by molar-refractivity contribution is -0.0368. The molecule has 2 atom stereocenters. The van der Waals surface area contributed by atoms with Crippen LogP contribution < -0.4 is 0 Å². The Morgan fingerprint density at radius 3 is 2.79 bits per heavy atom. The minimum absolute atomic E-state index is 0.0287. The van der Waals surface area contributed by atoms with Crippen molar-refractivity contribution in [3.63, 3.8) is 0 Å². The molecule has 1 aromatic carbocycles. The largest absolute Gasteiger partial charge is 0.373 e. The number of rotatable bonds is 2. The third kappa shape index (κ3) is 2.52. The van der Waals surface area contributed by atoms with E-state index in [1.54, 1.807) is 0 Å². The van der Waals surface area contributed by atoms with E-state index in [9.17, 15) is 4.79 Å². The van der Waals surface area contributed by atoms with Crippen LogP contribution in [-0.4, -0.2) is 66.3 Å². The van der Waals surface area contributed by atoms with E-state index < -0.39 is 0 Å². The normalized spacial score (nSPS) is 24.2. The molecule has 24 heavy (non-hydrogen) atoms. The second kappa shape index (κ2) is 6.03. The molecule has 6 heteroatoms. The summed E-state index contributed by atoms with van der Waals surface area (Å²) < 4.78 is 11.3. The standard InChI is InChI=1S/C18H21N3O3/c1-12-16(17(24-19-12)13-6-4-3-5-7-13)18(22)21-10-14-15(11-21)23-9-8-20(14)2/h3-7,14-15H,8-11H2,1-2H3/t14-,15+/m1/s1. The van der Waals surface area contributed by atoms with Gasteiger partial charge in [-0.2, -0.15) is 0 Å². The maximum absolute atomic E-state index is 13.1. The van der Waals surface area contributed by atoms with Crippen LogP contribution in [0.1, 0.15) is 16.1 Å². The van der Waals surface area contributed by atoms with Crippen LogP contribution in [-0.2, 0) is 4.74 Å². The van der Waals surface area contributed by atoms with E-state index in [1.807, 2.05) is 42.2 Å². The smallest absolute Gasteiger partial charge is 0.259 e. The Balaban J connectivity index is 1.63. The van der Waals surface area contributed by atoms with Crippen molar-refractivity contribution < 1.29 is 14.1 Å². The van der Waals surface area contributed by atoms with Crippen LogP contribution in [0.4, 0.5) is 0 Å². The number of hydrogen-bond donors (Lipinski definition) is 0. The van der Waals surface area contributed by atoms with Gasteiger partial charge >= 0.3 is 0 Å². The van der Waals surface area contributed by atoms with E-state index >= 15 is 0 Å². The van der Waals surface area contributed by atoms with Crippen LogP contribution in [0.15, 0.2) is 34.9 Å². The van der Waals surface area contributed by atoms with E-state index in [-0.39, 0.29) is 18.1 Å². The Bertz CT molecular complexity index is 743. The number of likely N-dealkylation sites (tertiary alicyclic amines) is 1. The van der Waals surface area contributed by atoms with Crippen molar-refractivity contribution in [2.24, 2.45) is 0 Å². The van der Waals surface area contributed by atoms with Gasteiger partial charge in [0.15, 0.2) is 5.76 Å². The molecule has 2 aromatic rings. The molecule has 4 rings (SSSR count). The van der Waals surface area contributed by atoms with Gasteiger partial charge in [-0.1, -0.05) is 35.5 Å². The molecule has 0 saturated carbocycles. The van der Waals surface area contributed by atoms with Crippen molar-refractivity contribution in [2.45, 2.75) is 19.1 Å². The first-order chi connectivity index (χ1) is 11.6. The van der Waals surface area contributed by atoms with Crippen LogP contribution in [0.25, 0.3) is 11.3 Å². The molecule has 0 unspecified atom stereocenters. The second-order valence-electron chi connectivity index (χ2n) is 6.51. The number of hydrogen-bond acceptors (Lipinski definition) is 5. The summed E-state index contributed by atoms with van der Waals surface area (Å²) in [7, 11) is 2.09. The first kappa shape index (κ1) is 15.4. The molecule has 0 aliphatic carbocycles. The van der Waals surface area contributed by atoms with Gasteiger partial charge in [0.2, 0.25) is 0 Å².